The summed E-state index contributed by atoms with van der Waals surface area (Å²) in [5, 5.41) is 5.70. The van der Waals surface area contributed by atoms with Gasteiger partial charge in [0.2, 0.25) is 0 Å². The van der Waals surface area contributed by atoms with Crippen molar-refractivity contribution in [3.05, 3.63) is 23.9 Å². The normalized spacial score (nSPS) is 10.5. The molecule has 0 unspecified atom stereocenters. The van der Waals surface area contributed by atoms with E-state index in [0.29, 0.717) is 31.1 Å². The minimum Gasteiger partial charge on any atom is -0.378 e. The molecule has 6 nitrogen and oxygen atoms in total. The predicted octanol–water partition coefficient (Wildman–Crippen LogP) is 0.431. The Morgan fingerprint density at radius 2 is 2.21 bits per heavy atom. The number of aromatic nitrogens is 1. The van der Waals surface area contributed by atoms with E-state index >= 15 is 0 Å². The van der Waals surface area contributed by atoms with E-state index in [0.717, 1.165) is 6.54 Å². The first-order valence-corrected chi connectivity index (χ1v) is 6.28. The molecule has 0 atom stereocenters. The van der Waals surface area contributed by atoms with Gasteiger partial charge in [0.25, 0.3) is 5.91 Å². The fraction of sp³-hybridized carbons (Fsp3) is 0.538. The van der Waals surface area contributed by atoms with Crippen LogP contribution in [0.25, 0.3) is 0 Å². The third kappa shape index (κ3) is 6.17. The molecule has 19 heavy (non-hydrogen) atoms. The smallest absolute Gasteiger partial charge is 0.251 e. The number of rotatable bonds is 8. The van der Waals surface area contributed by atoms with E-state index in [2.05, 4.69) is 20.5 Å². The number of ether oxygens (including phenoxy) is 1. The molecule has 0 bridgehead atoms. The lowest BCUT2D eigenvalue weighted by Crippen LogP contribution is -2.28. The zero-order chi connectivity index (χ0) is 14.1. The lowest BCUT2D eigenvalue weighted by Gasteiger charge is -2.10. The van der Waals surface area contributed by atoms with E-state index in [1.807, 2.05) is 14.1 Å². The van der Waals surface area contributed by atoms with Gasteiger partial charge < -0.3 is 20.3 Å². The second-order valence-electron chi connectivity index (χ2n) is 4.35. The summed E-state index contributed by atoms with van der Waals surface area (Å²) in [5.74, 6) is 0.560. The highest BCUT2D eigenvalue weighted by Crippen LogP contribution is 2.05. The van der Waals surface area contributed by atoms with Crippen LogP contribution in [0.3, 0.4) is 0 Å². The molecule has 0 aliphatic rings. The minimum absolute atomic E-state index is 0.116. The Balaban J connectivity index is 2.23. The molecule has 1 aromatic heterocycles. The van der Waals surface area contributed by atoms with Crippen LogP contribution in [-0.2, 0) is 4.74 Å². The Bertz CT molecular complexity index is 396. The summed E-state index contributed by atoms with van der Waals surface area (Å²) in [6.45, 7) is 2.57. The SMILES string of the molecule is CNc1cc(C(=O)NCCOCCN(C)C)ccn1. The molecule has 0 fully saturated rings. The molecule has 0 aromatic carbocycles. The summed E-state index contributed by atoms with van der Waals surface area (Å²) in [5.41, 5.74) is 0.590. The second kappa shape index (κ2) is 8.44. The van der Waals surface area contributed by atoms with Crippen molar-refractivity contribution in [3.8, 4) is 0 Å². The van der Waals surface area contributed by atoms with E-state index < -0.39 is 0 Å². The molecule has 0 spiro atoms. The zero-order valence-electron chi connectivity index (χ0n) is 11.8. The van der Waals surface area contributed by atoms with Crippen LogP contribution in [0.2, 0.25) is 0 Å². The molecule has 0 aliphatic carbocycles. The molecule has 0 radical (unpaired) electrons. The van der Waals surface area contributed by atoms with Crippen LogP contribution in [0.5, 0.6) is 0 Å². The number of anilines is 1. The standard InChI is InChI=1S/C13H22N4O2/c1-14-12-10-11(4-5-15-12)13(18)16-6-8-19-9-7-17(2)3/h4-5,10H,6-9H2,1-3H3,(H,14,15)(H,16,18). The number of pyridine rings is 1. The monoisotopic (exact) mass is 266 g/mol. The maximum absolute atomic E-state index is 11.8. The highest BCUT2D eigenvalue weighted by molar-refractivity contribution is 5.94. The molecule has 1 aromatic rings. The van der Waals surface area contributed by atoms with Crippen molar-refractivity contribution in [2.45, 2.75) is 0 Å². The van der Waals surface area contributed by atoms with Gasteiger partial charge >= 0.3 is 0 Å². The highest BCUT2D eigenvalue weighted by Gasteiger charge is 2.05. The Kier molecular flexibility index (Phi) is 6.84. The number of carbonyl (C=O) groups excluding carboxylic acids is 1. The summed E-state index contributed by atoms with van der Waals surface area (Å²) in [6.07, 6.45) is 1.61. The van der Waals surface area contributed by atoms with Gasteiger partial charge in [-0.1, -0.05) is 0 Å². The van der Waals surface area contributed by atoms with Crippen LogP contribution >= 0.6 is 0 Å². The summed E-state index contributed by atoms with van der Waals surface area (Å²) < 4.78 is 5.39. The topological polar surface area (TPSA) is 66.5 Å². The number of hydrogen-bond donors (Lipinski definition) is 2. The van der Waals surface area contributed by atoms with Gasteiger partial charge in [0.1, 0.15) is 5.82 Å². The third-order valence-corrected chi connectivity index (χ3v) is 2.49. The van der Waals surface area contributed by atoms with Crippen molar-refractivity contribution in [1.29, 1.82) is 0 Å². The Morgan fingerprint density at radius 3 is 2.89 bits per heavy atom. The van der Waals surface area contributed by atoms with Crippen molar-refractivity contribution in [1.82, 2.24) is 15.2 Å². The predicted molar refractivity (Wildman–Crippen MR) is 75.5 cm³/mol. The summed E-state index contributed by atoms with van der Waals surface area (Å²) in [4.78, 5) is 17.9. The first-order chi connectivity index (χ1) is 9.13. The van der Waals surface area contributed by atoms with Gasteiger partial charge in [0.15, 0.2) is 0 Å². The molecule has 1 amide bonds. The number of amides is 1. The number of nitrogens with one attached hydrogen (secondary N) is 2. The van der Waals surface area contributed by atoms with Crippen molar-refractivity contribution < 1.29 is 9.53 Å². The summed E-state index contributed by atoms with van der Waals surface area (Å²) >= 11 is 0. The van der Waals surface area contributed by atoms with Crippen molar-refractivity contribution in [2.24, 2.45) is 0 Å². The van der Waals surface area contributed by atoms with E-state index in [-0.39, 0.29) is 5.91 Å². The quantitative estimate of drug-likeness (QED) is 0.668. The van der Waals surface area contributed by atoms with Crippen LogP contribution in [0, 0.1) is 0 Å². The van der Waals surface area contributed by atoms with E-state index in [1.54, 1.807) is 25.4 Å². The zero-order valence-corrected chi connectivity index (χ0v) is 11.8. The second-order valence-corrected chi connectivity index (χ2v) is 4.35. The van der Waals surface area contributed by atoms with Gasteiger partial charge in [0, 0.05) is 31.9 Å². The highest BCUT2D eigenvalue weighted by atomic mass is 16.5. The average Bonchev–Trinajstić information content (AvgIpc) is 2.42. The van der Waals surface area contributed by atoms with Gasteiger partial charge in [-0.05, 0) is 26.2 Å². The summed E-state index contributed by atoms with van der Waals surface area (Å²) in [6, 6.07) is 3.39. The molecular formula is C13H22N4O2. The average molecular weight is 266 g/mol. The van der Waals surface area contributed by atoms with Gasteiger partial charge in [-0.2, -0.15) is 0 Å². The van der Waals surface area contributed by atoms with Gasteiger partial charge in [0.05, 0.1) is 13.2 Å². The molecule has 0 saturated carbocycles. The van der Waals surface area contributed by atoms with Gasteiger partial charge in [-0.15, -0.1) is 0 Å². The van der Waals surface area contributed by atoms with Crippen LogP contribution in [0.4, 0.5) is 5.82 Å². The van der Waals surface area contributed by atoms with Gasteiger partial charge in [-0.3, -0.25) is 4.79 Å². The lowest BCUT2D eigenvalue weighted by molar-refractivity contribution is 0.0900. The largest absolute Gasteiger partial charge is 0.378 e. The maximum atomic E-state index is 11.8. The number of carbonyl (C=O) groups is 1. The fourth-order valence-corrected chi connectivity index (χ4v) is 1.40. The van der Waals surface area contributed by atoms with Crippen LogP contribution in [0.15, 0.2) is 18.3 Å². The molecule has 1 rings (SSSR count). The van der Waals surface area contributed by atoms with E-state index in [9.17, 15) is 4.79 Å². The van der Waals surface area contributed by atoms with Crippen LogP contribution in [0.1, 0.15) is 10.4 Å². The molecule has 6 heteroatoms. The van der Waals surface area contributed by atoms with Crippen LogP contribution in [-0.4, -0.2) is 63.2 Å². The number of likely N-dealkylation sites (N-methyl/N-ethyl adjacent to an activating group) is 1. The Hall–Kier alpha value is -1.66. The minimum atomic E-state index is -0.116. The third-order valence-electron chi connectivity index (χ3n) is 2.49. The molecule has 106 valence electrons. The van der Waals surface area contributed by atoms with E-state index in [1.165, 1.54) is 0 Å². The first-order valence-electron chi connectivity index (χ1n) is 6.28. The first kappa shape index (κ1) is 15.4. The van der Waals surface area contributed by atoms with Crippen molar-refractivity contribution in [3.63, 3.8) is 0 Å². The number of hydrogen-bond acceptors (Lipinski definition) is 5. The molecular weight excluding hydrogens is 244 g/mol. The lowest BCUT2D eigenvalue weighted by atomic mass is 10.2. The summed E-state index contributed by atoms with van der Waals surface area (Å²) in [7, 11) is 5.75. The number of nitrogens with zero attached hydrogens (tertiary/aromatic N) is 2. The molecule has 0 aliphatic heterocycles. The fourth-order valence-electron chi connectivity index (χ4n) is 1.40. The molecule has 1 heterocycles. The Labute approximate surface area is 114 Å². The van der Waals surface area contributed by atoms with Crippen LogP contribution < -0.4 is 10.6 Å². The Morgan fingerprint density at radius 1 is 1.42 bits per heavy atom. The molecule has 0 saturated heterocycles. The van der Waals surface area contributed by atoms with E-state index in [4.69, 9.17) is 4.74 Å². The molecule has 2 N–H and O–H groups in total. The van der Waals surface area contributed by atoms with Gasteiger partial charge in [-0.25, -0.2) is 4.98 Å². The maximum Gasteiger partial charge on any atom is 0.251 e. The van der Waals surface area contributed by atoms with Crippen molar-refractivity contribution >= 4 is 11.7 Å². The van der Waals surface area contributed by atoms with Crippen molar-refractivity contribution in [2.75, 3.05) is 52.8 Å².